The van der Waals surface area contributed by atoms with Gasteiger partial charge in [-0.2, -0.15) is 5.10 Å². The van der Waals surface area contributed by atoms with E-state index in [9.17, 15) is 23.5 Å². The van der Waals surface area contributed by atoms with Gasteiger partial charge in [-0.05, 0) is 56.9 Å². The van der Waals surface area contributed by atoms with Crippen molar-refractivity contribution in [3.05, 3.63) is 53.5 Å². The van der Waals surface area contributed by atoms with Crippen molar-refractivity contribution >= 4 is 28.8 Å². The van der Waals surface area contributed by atoms with Crippen LogP contribution in [0.3, 0.4) is 0 Å². The van der Waals surface area contributed by atoms with E-state index in [4.69, 9.17) is 0 Å². The third-order valence-electron chi connectivity index (χ3n) is 8.49. The largest absolute Gasteiger partial charge is 0.387 e. The first kappa shape index (κ1) is 27.5. The molecule has 0 bridgehead atoms. The van der Waals surface area contributed by atoms with Gasteiger partial charge in [-0.15, -0.1) is 0 Å². The number of carbonyl (C=O) groups excluding carboxylic acids is 2. The molecule has 0 radical (unpaired) electrons. The second-order valence-electron chi connectivity index (χ2n) is 12.0. The highest BCUT2D eigenvalue weighted by Gasteiger charge is 2.40. The Kier molecular flexibility index (Phi) is 6.93. The van der Waals surface area contributed by atoms with Crippen molar-refractivity contribution < 1.29 is 23.5 Å². The highest BCUT2D eigenvalue weighted by Crippen LogP contribution is 2.38. The first-order valence-corrected chi connectivity index (χ1v) is 14.1. The maximum absolute atomic E-state index is 14.8. The fraction of sp³-hybridized carbons (Fsp3) is 0.517. The van der Waals surface area contributed by atoms with Gasteiger partial charge < -0.3 is 20.2 Å². The number of rotatable bonds is 8. The fourth-order valence-corrected chi connectivity index (χ4v) is 5.78. The number of fused-ring (bicyclic) bond motifs is 2. The number of anilines is 2. The Balaban J connectivity index is 1.27. The lowest BCUT2D eigenvalue weighted by atomic mass is 9.81. The molecule has 2 aliphatic heterocycles. The summed E-state index contributed by atoms with van der Waals surface area (Å²) in [5, 5.41) is 17.3. The van der Waals surface area contributed by atoms with E-state index in [2.05, 4.69) is 25.2 Å². The summed E-state index contributed by atoms with van der Waals surface area (Å²) in [6.45, 7) is 5.61. The van der Waals surface area contributed by atoms with Crippen molar-refractivity contribution in [1.82, 2.24) is 24.4 Å². The SMILES string of the molecule is CC(C)(O)C(F)CN1Cc2cc(NC(=O)c3cnn4cccnc34)c(N3CCN(CC4(F)CCC4)CC3)cc2C1=O. The predicted octanol–water partition coefficient (Wildman–Crippen LogP) is 3.06. The van der Waals surface area contributed by atoms with Gasteiger partial charge >= 0.3 is 0 Å². The van der Waals surface area contributed by atoms with Crippen LogP contribution in [0.2, 0.25) is 0 Å². The Hall–Kier alpha value is -3.64. The zero-order chi connectivity index (χ0) is 28.9. The van der Waals surface area contributed by atoms with Crippen LogP contribution < -0.4 is 10.2 Å². The molecular weight excluding hydrogens is 532 g/mol. The van der Waals surface area contributed by atoms with Crippen LogP contribution in [0.4, 0.5) is 20.2 Å². The van der Waals surface area contributed by atoms with Gasteiger partial charge in [0.15, 0.2) is 5.65 Å². The average molecular weight is 568 g/mol. The van der Waals surface area contributed by atoms with Crippen LogP contribution >= 0.6 is 0 Å². The van der Waals surface area contributed by atoms with Gasteiger partial charge in [0, 0.05) is 57.2 Å². The van der Waals surface area contributed by atoms with Gasteiger partial charge in [-0.1, -0.05) is 0 Å². The third-order valence-corrected chi connectivity index (χ3v) is 8.49. The van der Waals surface area contributed by atoms with Crippen molar-refractivity contribution in [2.24, 2.45) is 0 Å². The van der Waals surface area contributed by atoms with E-state index >= 15 is 0 Å². The number of amides is 2. The molecule has 2 fully saturated rings. The number of hydrogen-bond acceptors (Lipinski definition) is 7. The Morgan fingerprint density at radius 1 is 1.22 bits per heavy atom. The van der Waals surface area contributed by atoms with Gasteiger partial charge in [-0.25, -0.2) is 18.3 Å². The minimum Gasteiger partial charge on any atom is -0.387 e. The Labute approximate surface area is 236 Å². The maximum Gasteiger partial charge on any atom is 0.261 e. The average Bonchev–Trinajstić information content (AvgIpc) is 3.48. The highest BCUT2D eigenvalue weighted by atomic mass is 19.1. The van der Waals surface area contributed by atoms with E-state index in [0.717, 1.165) is 6.42 Å². The van der Waals surface area contributed by atoms with E-state index in [1.54, 1.807) is 30.6 Å². The molecule has 2 aromatic heterocycles. The number of benzene rings is 1. The highest BCUT2D eigenvalue weighted by molar-refractivity contribution is 6.10. The van der Waals surface area contributed by atoms with Crippen LogP contribution in [0.15, 0.2) is 36.8 Å². The van der Waals surface area contributed by atoms with E-state index in [0.29, 0.717) is 79.3 Å². The number of hydrogen-bond donors (Lipinski definition) is 2. The number of aliphatic hydroxyl groups is 1. The molecule has 1 saturated heterocycles. The second kappa shape index (κ2) is 10.3. The summed E-state index contributed by atoms with van der Waals surface area (Å²) in [5.41, 5.74) is 0.347. The van der Waals surface area contributed by atoms with Crippen LogP contribution in [-0.2, 0) is 6.54 Å². The molecule has 1 aromatic carbocycles. The molecule has 10 nitrogen and oxygen atoms in total. The number of nitrogens with one attached hydrogen (secondary N) is 1. The van der Waals surface area contributed by atoms with Crippen LogP contribution in [0.25, 0.3) is 5.65 Å². The van der Waals surface area contributed by atoms with Gasteiger partial charge in [0.25, 0.3) is 11.8 Å². The van der Waals surface area contributed by atoms with E-state index < -0.39 is 23.3 Å². The quantitative estimate of drug-likeness (QED) is 0.431. The minimum atomic E-state index is -1.62. The lowest BCUT2D eigenvalue weighted by Gasteiger charge is -2.42. The molecule has 3 aromatic rings. The maximum atomic E-state index is 14.8. The summed E-state index contributed by atoms with van der Waals surface area (Å²) >= 11 is 0. The number of piperazine rings is 1. The molecule has 1 aliphatic carbocycles. The monoisotopic (exact) mass is 567 g/mol. The van der Waals surface area contributed by atoms with Crippen LogP contribution in [0, 0.1) is 0 Å². The fourth-order valence-electron chi connectivity index (χ4n) is 5.78. The van der Waals surface area contributed by atoms with Crippen molar-refractivity contribution in [3.63, 3.8) is 0 Å². The summed E-state index contributed by atoms with van der Waals surface area (Å²) in [5.74, 6) is -0.712. The number of alkyl halides is 2. The normalized spacial score (nSPS) is 19.8. The zero-order valence-electron chi connectivity index (χ0n) is 23.3. The predicted molar refractivity (Wildman–Crippen MR) is 150 cm³/mol. The first-order valence-electron chi connectivity index (χ1n) is 14.1. The molecular formula is C29H35F2N7O3. The van der Waals surface area contributed by atoms with Crippen molar-refractivity contribution in [1.29, 1.82) is 0 Å². The molecule has 1 atom stereocenters. The molecule has 218 valence electrons. The second-order valence-corrected chi connectivity index (χ2v) is 12.0. The Bertz CT molecular complexity index is 1470. The van der Waals surface area contributed by atoms with E-state index in [1.165, 1.54) is 29.5 Å². The van der Waals surface area contributed by atoms with Gasteiger partial charge in [0.1, 0.15) is 17.4 Å². The molecule has 1 saturated carbocycles. The van der Waals surface area contributed by atoms with E-state index in [-0.39, 0.29) is 19.0 Å². The topological polar surface area (TPSA) is 106 Å². The van der Waals surface area contributed by atoms with Crippen LogP contribution in [0.5, 0.6) is 0 Å². The summed E-state index contributed by atoms with van der Waals surface area (Å²) in [4.78, 5) is 36.6. The van der Waals surface area contributed by atoms with Crippen LogP contribution in [-0.4, -0.2) is 98.0 Å². The number of nitrogens with zero attached hydrogens (tertiary/aromatic N) is 6. The lowest BCUT2D eigenvalue weighted by molar-refractivity contribution is -0.0159. The van der Waals surface area contributed by atoms with Crippen molar-refractivity contribution in [3.8, 4) is 0 Å². The lowest BCUT2D eigenvalue weighted by Crippen LogP contribution is -2.52. The smallest absolute Gasteiger partial charge is 0.261 e. The summed E-state index contributed by atoms with van der Waals surface area (Å²) < 4.78 is 31.0. The zero-order valence-corrected chi connectivity index (χ0v) is 23.3. The Morgan fingerprint density at radius 3 is 2.66 bits per heavy atom. The van der Waals surface area contributed by atoms with Gasteiger partial charge in [-0.3, -0.25) is 14.5 Å². The third kappa shape index (κ3) is 5.38. The van der Waals surface area contributed by atoms with Crippen molar-refractivity contribution in [2.45, 2.75) is 57.1 Å². The number of halogens is 2. The molecule has 12 heteroatoms. The molecule has 6 rings (SSSR count). The van der Waals surface area contributed by atoms with Gasteiger partial charge in [0.05, 0.1) is 29.7 Å². The Morgan fingerprint density at radius 2 is 1.98 bits per heavy atom. The number of carbonyl (C=O) groups is 2. The number of aromatic nitrogens is 3. The molecule has 2 amide bonds. The van der Waals surface area contributed by atoms with Crippen molar-refractivity contribution in [2.75, 3.05) is 49.5 Å². The molecule has 4 heterocycles. The molecule has 2 N–H and O–H groups in total. The van der Waals surface area contributed by atoms with Crippen LogP contribution in [0.1, 0.15) is 59.4 Å². The first-order chi connectivity index (χ1) is 19.5. The summed E-state index contributed by atoms with van der Waals surface area (Å²) in [6.07, 6.45) is 5.28. The van der Waals surface area contributed by atoms with Gasteiger partial charge in [0.2, 0.25) is 0 Å². The molecule has 3 aliphatic rings. The standard InChI is InChI=1S/C29H35F2N7O3/c1-28(2,41)24(30)17-37-16-19-13-22(34-26(39)21-15-33-38-8-4-7-32-25(21)38)23(14-20(19)27(37)40)36-11-9-35(10-12-36)18-29(31)5-3-6-29/h4,7-8,13-15,24,41H,3,5-6,9-12,16-18H2,1-2H3,(H,34,39). The molecule has 0 spiro atoms. The molecule has 1 unspecified atom stereocenters. The minimum absolute atomic E-state index is 0.165. The molecule has 41 heavy (non-hydrogen) atoms. The summed E-state index contributed by atoms with van der Waals surface area (Å²) in [6, 6.07) is 5.25. The summed E-state index contributed by atoms with van der Waals surface area (Å²) in [7, 11) is 0. The van der Waals surface area contributed by atoms with E-state index in [1.807, 2.05) is 0 Å².